The van der Waals surface area contributed by atoms with Gasteiger partial charge in [0.2, 0.25) is 0 Å². The van der Waals surface area contributed by atoms with Crippen LogP contribution in [0.2, 0.25) is 0 Å². The van der Waals surface area contributed by atoms with E-state index in [4.69, 9.17) is 24.0 Å². The fourth-order valence-electron chi connectivity index (χ4n) is 3.70. The first-order chi connectivity index (χ1) is 15.5. The van der Waals surface area contributed by atoms with Crippen LogP contribution < -0.4 is 5.73 Å². The minimum atomic E-state index is -3.91. The number of nitrogens with zero attached hydrogens (tertiary/aromatic N) is 5. The fraction of sp³-hybridized carbons (Fsp3) is 0.444. The van der Waals surface area contributed by atoms with Crippen molar-refractivity contribution < 1.29 is 33.1 Å². The predicted octanol–water partition coefficient (Wildman–Crippen LogP) is 0.726. The summed E-state index contributed by atoms with van der Waals surface area (Å²) in [6.07, 6.45) is 1.21. The lowest BCUT2D eigenvalue weighted by Gasteiger charge is -2.29. The van der Waals surface area contributed by atoms with Crippen LogP contribution in [0, 0.1) is 0 Å². The molecule has 14 heteroatoms. The second-order valence-corrected chi connectivity index (χ2v) is 8.99. The molecule has 0 amide bonds. The van der Waals surface area contributed by atoms with Crippen LogP contribution >= 0.6 is 7.82 Å². The van der Waals surface area contributed by atoms with Crippen molar-refractivity contribution in [3.8, 4) is 0 Å². The number of hydrogen-bond donors (Lipinski definition) is 3. The number of pyridine rings is 1. The Morgan fingerprint density at radius 2 is 2.03 bits per heavy atom. The molecule has 6 atom stereocenters. The zero-order chi connectivity index (χ0) is 22.3. The van der Waals surface area contributed by atoms with Crippen LogP contribution in [-0.4, -0.2) is 66.2 Å². The number of phosphoric acid groups is 1. The Morgan fingerprint density at radius 3 is 2.84 bits per heavy atom. The van der Waals surface area contributed by atoms with E-state index in [1.165, 1.54) is 17.2 Å². The summed E-state index contributed by atoms with van der Waals surface area (Å²) in [5.74, 6) is 0.176. The van der Waals surface area contributed by atoms with Gasteiger partial charge in [-0.1, -0.05) is 0 Å². The van der Waals surface area contributed by atoms with Crippen LogP contribution in [0.3, 0.4) is 0 Å². The van der Waals surface area contributed by atoms with E-state index in [0.717, 1.165) is 5.56 Å². The minimum absolute atomic E-state index is 0.172. The lowest BCUT2D eigenvalue weighted by Crippen LogP contribution is -2.34. The average Bonchev–Trinajstić information content (AvgIpc) is 3.35. The van der Waals surface area contributed by atoms with Crippen molar-refractivity contribution in [1.82, 2.24) is 24.5 Å². The third-order valence-electron chi connectivity index (χ3n) is 5.36. The summed E-state index contributed by atoms with van der Waals surface area (Å²) < 4.78 is 36.5. The topological polar surface area (TPSA) is 177 Å². The summed E-state index contributed by atoms with van der Waals surface area (Å²) in [7, 11) is -3.91. The number of aromatic nitrogens is 5. The molecule has 5 rings (SSSR count). The van der Waals surface area contributed by atoms with E-state index in [9.17, 15) is 14.8 Å². The van der Waals surface area contributed by atoms with Crippen LogP contribution in [0.25, 0.3) is 11.2 Å². The maximum atomic E-state index is 13.0. The summed E-state index contributed by atoms with van der Waals surface area (Å²) in [5, 5.41) is 21.0. The number of ether oxygens (including phenoxy) is 1. The summed E-state index contributed by atoms with van der Waals surface area (Å²) in [6, 6.07) is 3.52. The van der Waals surface area contributed by atoms with E-state index in [2.05, 4.69) is 19.9 Å². The molecular formula is C18H21N6O7P. The van der Waals surface area contributed by atoms with Gasteiger partial charge in [0, 0.05) is 18.8 Å². The molecule has 0 bridgehead atoms. The molecule has 0 radical (unpaired) electrons. The maximum Gasteiger partial charge on any atom is 0.475 e. The van der Waals surface area contributed by atoms with Crippen LogP contribution in [0.1, 0.15) is 24.3 Å². The van der Waals surface area contributed by atoms with E-state index in [-0.39, 0.29) is 19.0 Å². The van der Waals surface area contributed by atoms with E-state index >= 15 is 0 Å². The summed E-state index contributed by atoms with van der Waals surface area (Å²) in [5.41, 5.74) is 7.27. The second kappa shape index (κ2) is 8.45. The Morgan fingerprint density at radius 1 is 1.22 bits per heavy atom. The summed E-state index contributed by atoms with van der Waals surface area (Å²) in [6.45, 7) is -0.162. The van der Waals surface area contributed by atoms with E-state index in [0.29, 0.717) is 17.6 Å². The molecule has 32 heavy (non-hydrogen) atoms. The molecule has 2 saturated heterocycles. The number of nitrogens with two attached hydrogens (primary N) is 1. The molecular weight excluding hydrogens is 443 g/mol. The van der Waals surface area contributed by atoms with Crippen LogP contribution in [-0.2, 0) is 22.9 Å². The highest BCUT2D eigenvalue weighted by molar-refractivity contribution is 7.48. The molecule has 5 heterocycles. The molecule has 0 aromatic carbocycles. The first-order valence-corrected chi connectivity index (χ1v) is 11.3. The van der Waals surface area contributed by atoms with Crippen molar-refractivity contribution in [2.75, 3.05) is 18.9 Å². The Hall–Kier alpha value is -2.51. The number of rotatable bonds is 5. The molecule has 3 aromatic heterocycles. The monoisotopic (exact) mass is 464 g/mol. The number of aliphatic hydroxyl groups excluding tert-OH is 2. The van der Waals surface area contributed by atoms with Gasteiger partial charge in [-0.2, -0.15) is 0 Å². The fourth-order valence-corrected chi connectivity index (χ4v) is 5.10. The van der Waals surface area contributed by atoms with Crippen molar-refractivity contribution in [2.45, 2.75) is 37.1 Å². The number of hydrogen-bond acceptors (Lipinski definition) is 12. The standard InChI is InChI=1S/C18H21N6O7P/c19-16-13-17(22-8-21-16)24(9-23-13)18-15(26)14(25)12(30-18)7-29-32(27)28-6-3-11(31-32)10-1-4-20-5-2-10/h1-2,4-5,8-9,11-12,14-15,18,25-26H,3,6-7H2,(H2,19,21,22)/t11?,12-,14-,15+,18-,32?/m1/s1. The molecule has 2 unspecified atom stereocenters. The number of aliphatic hydroxyl groups is 2. The van der Waals surface area contributed by atoms with Crippen molar-refractivity contribution in [2.24, 2.45) is 0 Å². The maximum absolute atomic E-state index is 13.0. The largest absolute Gasteiger partial charge is 0.475 e. The normalized spacial score (nSPS) is 33.0. The Balaban J connectivity index is 1.28. The lowest BCUT2D eigenvalue weighted by molar-refractivity contribution is -0.0578. The van der Waals surface area contributed by atoms with Gasteiger partial charge in [0.1, 0.15) is 30.2 Å². The smallest absolute Gasteiger partial charge is 0.387 e. The molecule has 2 aliphatic heterocycles. The highest BCUT2D eigenvalue weighted by Gasteiger charge is 2.46. The van der Waals surface area contributed by atoms with Gasteiger partial charge in [0.05, 0.1) is 25.6 Å². The third-order valence-corrected chi connectivity index (χ3v) is 6.84. The molecule has 170 valence electrons. The Kier molecular flexibility index (Phi) is 5.63. The van der Waals surface area contributed by atoms with Gasteiger partial charge in [-0.3, -0.25) is 23.1 Å². The van der Waals surface area contributed by atoms with Crippen molar-refractivity contribution in [3.05, 3.63) is 42.7 Å². The van der Waals surface area contributed by atoms with Gasteiger partial charge in [0.25, 0.3) is 0 Å². The number of anilines is 1. The molecule has 4 N–H and O–H groups in total. The van der Waals surface area contributed by atoms with Gasteiger partial charge < -0.3 is 20.7 Å². The van der Waals surface area contributed by atoms with Crippen molar-refractivity contribution in [3.63, 3.8) is 0 Å². The molecule has 2 fully saturated rings. The van der Waals surface area contributed by atoms with Crippen molar-refractivity contribution >= 4 is 24.8 Å². The predicted molar refractivity (Wildman–Crippen MR) is 108 cm³/mol. The highest BCUT2D eigenvalue weighted by Crippen LogP contribution is 2.57. The van der Waals surface area contributed by atoms with Crippen LogP contribution in [0.5, 0.6) is 0 Å². The quantitative estimate of drug-likeness (QED) is 0.452. The zero-order valence-corrected chi connectivity index (χ0v) is 17.6. The first kappa shape index (κ1) is 21.3. The summed E-state index contributed by atoms with van der Waals surface area (Å²) >= 11 is 0. The summed E-state index contributed by atoms with van der Waals surface area (Å²) in [4.78, 5) is 16.1. The number of fused-ring (bicyclic) bond motifs is 1. The van der Waals surface area contributed by atoms with Gasteiger partial charge in [-0.05, 0) is 17.7 Å². The second-order valence-electron chi connectivity index (χ2n) is 7.37. The molecule has 0 spiro atoms. The molecule has 13 nitrogen and oxygen atoms in total. The van der Waals surface area contributed by atoms with Gasteiger partial charge in [-0.25, -0.2) is 19.5 Å². The number of nitrogen functional groups attached to an aromatic ring is 1. The minimum Gasteiger partial charge on any atom is -0.387 e. The van der Waals surface area contributed by atoms with Crippen LogP contribution in [0.15, 0.2) is 37.2 Å². The Labute approximate surface area is 181 Å². The van der Waals surface area contributed by atoms with Crippen molar-refractivity contribution in [1.29, 1.82) is 0 Å². The van der Waals surface area contributed by atoms with E-state index < -0.39 is 38.5 Å². The van der Waals surface area contributed by atoms with Gasteiger partial charge in [-0.15, -0.1) is 0 Å². The first-order valence-electron chi connectivity index (χ1n) is 9.87. The van der Waals surface area contributed by atoms with Crippen LogP contribution in [0.4, 0.5) is 5.82 Å². The van der Waals surface area contributed by atoms with E-state index in [1.54, 1.807) is 24.5 Å². The molecule has 0 saturated carbocycles. The average molecular weight is 464 g/mol. The molecule has 0 aliphatic carbocycles. The lowest BCUT2D eigenvalue weighted by atomic mass is 10.1. The molecule has 3 aromatic rings. The Bertz CT molecular complexity index is 1150. The number of phosphoric ester groups is 1. The SMILES string of the molecule is Nc1ncnc2c1ncn2[C@@H]1O[C@H](COP2(=O)OCCC(c3ccncc3)O2)[C@@H](O)[C@@H]1O. The van der Waals surface area contributed by atoms with Gasteiger partial charge in [0.15, 0.2) is 17.7 Å². The van der Waals surface area contributed by atoms with Gasteiger partial charge >= 0.3 is 7.82 Å². The molecule has 2 aliphatic rings. The van der Waals surface area contributed by atoms with E-state index in [1.807, 2.05) is 0 Å². The number of imidazole rings is 1. The third kappa shape index (κ3) is 3.88. The highest BCUT2D eigenvalue weighted by atomic mass is 31.2. The zero-order valence-electron chi connectivity index (χ0n) is 16.7.